The summed E-state index contributed by atoms with van der Waals surface area (Å²) in [7, 11) is 7.73. The Labute approximate surface area is 221 Å². The second-order valence-electron chi connectivity index (χ2n) is 9.82. The first-order chi connectivity index (χ1) is 18.0. The monoisotopic (exact) mass is 529 g/mol. The molecule has 0 bridgehead atoms. The molecular weight excluding hydrogens is 492 g/mol. The van der Waals surface area contributed by atoms with Crippen molar-refractivity contribution < 1.29 is 13.6 Å². The Morgan fingerprint density at radius 3 is 2.37 bits per heavy atom. The number of halogens is 2. The minimum absolute atomic E-state index is 0.125. The number of aldehydes is 1. The third-order valence-electron chi connectivity index (χ3n) is 6.45. The van der Waals surface area contributed by atoms with Crippen molar-refractivity contribution in [1.82, 2.24) is 34.0 Å². The van der Waals surface area contributed by atoms with E-state index in [9.17, 15) is 13.6 Å². The molecule has 0 atom stereocenters. The fourth-order valence-corrected chi connectivity index (χ4v) is 4.23. The maximum Gasteiger partial charge on any atom is 0.256 e. The molecule has 1 saturated carbocycles. The lowest BCUT2D eigenvalue weighted by molar-refractivity contribution is -0.120. The number of imidazole rings is 1. The summed E-state index contributed by atoms with van der Waals surface area (Å²) in [5, 5.41) is 7.14. The number of nitrogens with one attached hydrogen (secondary N) is 1. The molecule has 3 N–H and O–H groups in total. The summed E-state index contributed by atoms with van der Waals surface area (Å²) < 4.78 is 28.9. The average Bonchev–Trinajstić information content (AvgIpc) is 3.39. The number of alkyl halides is 2. The van der Waals surface area contributed by atoms with Crippen LogP contribution in [0, 0.1) is 12.3 Å². The number of rotatable bonds is 6. The number of carbonyl (C=O) groups excluding carboxylic acids is 1. The minimum atomic E-state index is -2.49. The molecule has 206 valence electrons. The van der Waals surface area contributed by atoms with Crippen molar-refractivity contribution in [1.29, 1.82) is 0 Å². The standard InChI is InChI=1S/C16H16F2N8.C7H12O.C3H9N/c1-8-21-11-4-3-10(22-15(11)25(8)7-12(17)18)9-5-6-26-13(9)14(20-2)23-16(19)24-26;1-2-7(6-8)4-3-5-7;1-4(2)3/h3-6,12H,7H2,1-2H3,(H3,19,20,23,24);6H,2-5H2,1H3;1-3H3. The number of pyridine rings is 1. The van der Waals surface area contributed by atoms with Gasteiger partial charge < -0.3 is 25.3 Å². The Morgan fingerprint density at radius 1 is 1.18 bits per heavy atom. The van der Waals surface area contributed by atoms with Gasteiger partial charge >= 0.3 is 0 Å². The quantitative estimate of drug-likeness (QED) is 0.355. The molecule has 0 amide bonds. The predicted molar refractivity (Wildman–Crippen MR) is 146 cm³/mol. The molecule has 0 spiro atoms. The highest BCUT2D eigenvalue weighted by molar-refractivity contribution is 5.89. The van der Waals surface area contributed by atoms with Crippen LogP contribution in [0.5, 0.6) is 0 Å². The summed E-state index contributed by atoms with van der Waals surface area (Å²) in [6.45, 7) is 3.33. The fourth-order valence-electron chi connectivity index (χ4n) is 4.23. The van der Waals surface area contributed by atoms with Crippen molar-refractivity contribution >= 4 is 34.7 Å². The van der Waals surface area contributed by atoms with Crippen LogP contribution in [-0.2, 0) is 11.3 Å². The van der Waals surface area contributed by atoms with E-state index in [1.165, 1.54) is 11.0 Å². The predicted octanol–water partition coefficient (Wildman–Crippen LogP) is 4.28. The van der Waals surface area contributed by atoms with Gasteiger partial charge in [0.2, 0.25) is 5.95 Å². The molecule has 10 nitrogen and oxygen atoms in total. The summed E-state index contributed by atoms with van der Waals surface area (Å²) in [5.41, 5.74) is 8.90. The van der Waals surface area contributed by atoms with Gasteiger partial charge in [-0.25, -0.2) is 23.3 Å². The van der Waals surface area contributed by atoms with E-state index in [1.54, 1.807) is 36.8 Å². The van der Waals surface area contributed by atoms with Crippen LogP contribution < -0.4 is 11.1 Å². The zero-order valence-corrected chi connectivity index (χ0v) is 22.9. The van der Waals surface area contributed by atoms with Crippen molar-refractivity contribution in [3.05, 3.63) is 30.2 Å². The number of fused-ring (bicyclic) bond motifs is 2. The maximum atomic E-state index is 12.9. The fraction of sp³-hybridized carbons (Fsp3) is 0.500. The third-order valence-corrected chi connectivity index (χ3v) is 6.45. The minimum Gasteiger partial charge on any atom is -0.371 e. The van der Waals surface area contributed by atoms with Gasteiger partial charge in [0, 0.05) is 24.2 Å². The molecule has 0 unspecified atom stereocenters. The van der Waals surface area contributed by atoms with Crippen molar-refractivity contribution in [2.24, 2.45) is 5.41 Å². The number of hydrogen-bond acceptors (Lipinski definition) is 8. The average molecular weight is 530 g/mol. The molecule has 4 aromatic rings. The SMILES string of the molecule is CCC1(C=O)CCC1.CN(C)C.CNc1nc(N)nn2ccc(-c3ccc4nc(C)n(CC(F)F)c4n3)c12. The molecule has 0 aliphatic heterocycles. The van der Waals surface area contributed by atoms with E-state index in [1.807, 2.05) is 32.1 Å². The molecule has 1 aliphatic carbocycles. The topological polar surface area (TPSA) is 119 Å². The molecule has 4 aromatic heterocycles. The summed E-state index contributed by atoms with van der Waals surface area (Å²) in [6.07, 6.45) is 4.95. The smallest absolute Gasteiger partial charge is 0.256 e. The van der Waals surface area contributed by atoms with Crippen molar-refractivity contribution in [2.75, 3.05) is 39.2 Å². The number of carbonyl (C=O) groups is 1. The first-order valence-electron chi connectivity index (χ1n) is 12.6. The Hall–Kier alpha value is -3.67. The Morgan fingerprint density at radius 2 is 1.87 bits per heavy atom. The van der Waals surface area contributed by atoms with E-state index in [0.717, 1.165) is 31.1 Å². The number of nitrogen functional groups attached to an aromatic ring is 1. The molecule has 5 rings (SSSR count). The summed E-state index contributed by atoms with van der Waals surface area (Å²) in [5.74, 6) is 1.19. The van der Waals surface area contributed by atoms with Crippen molar-refractivity contribution in [3.8, 4) is 11.3 Å². The van der Waals surface area contributed by atoms with Crippen LogP contribution in [0.4, 0.5) is 20.5 Å². The lowest BCUT2D eigenvalue weighted by Crippen LogP contribution is -2.29. The van der Waals surface area contributed by atoms with Crippen LogP contribution in [-0.4, -0.2) is 74.9 Å². The number of anilines is 2. The van der Waals surface area contributed by atoms with E-state index in [-0.39, 0.29) is 11.4 Å². The Bertz CT molecular complexity index is 1370. The Kier molecular flexibility index (Phi) is 9.31. The number of nitrogens with zero attached hydrogens (tertiary/aromatic N) is 7. The number of hydrogen-bond donors (Lipinski definition) is 2. The zero-order chi connectivity index (χ0) is 28.0. The second-order valence-corrected chi connectivity index (χ2v) is 9.82. The van der Waals surface area contributed by atoms with Gasteiger partial charge in [-0.2, -0.15) is 4.98 Å². The van der Waals surface area contributed by atoms with E-state index >= 15 is 0 Å². The molecular formula is C26H37F2N9O. The molecule has 0 aromatic carbocycles. The van der Waals surface area contributed by atoms with Crippen LogP contribution >= 0.6 is 0 Å². The second kappa shape index (κ2) is 12.2. The first-order valence-corrected chi connectivity index (χ1v) is 12.6. The van der Waals surface area contributed by atoms with Gasteiger partial charge in [-0.1, -0.05) is 13.3 Å². The first kappa shape index (κ1) is 28.9. The lowest BCUT2D eigenvalue weighted by Gasteiger charge is -2.35. The highest BCUT2D eigenvalue weighted by Crippen LogP contribution is 2.41. The van der Waals surface area contributed by atoms with E-state index < -0.39 is 13.0 Å². The lowest BCUT2D eigenvalue weighted by atomic mass is 9.68. The van der Waals surface area contributed by atoms with Crippen molar-refractivity contribution in [2.45, 2.75) is 52.5 Å². The van der Waals surface area contributed by atoms with E-state index in [0.29, 0.717) is 34.0 Å². The number of nitrogens with two attached hydrogens (primary N) is 1. The van der Waals surface area contributed by atoms with Gasteiger partial charge in [-0.15, -0.1) is 5.10 Å². The van der Waals surface area contributed by atoms with Crippen LogP contribution in [0.3, 0.4) is 0 Å². The molecule has 38 heavy (non-hydrogen) atoms. The molecule has 0 saturated heterocycles. The van der Waals surface area contributed by atoms with Crippen molar-refractivity contribution in [3.63, 3.8) is 0 Å². The van der Waals surface area contributed by atoms with Crippen LogP contribution in [0.25, 0.3) is 27.9 Å². The molecule has 1 fully saturated rings. The molecule has 1 aliphatic rings. The molecule has 0 radical (unpaired) electrons. The normalized spacial score (nSPS) is 14.1. The van der Waals surface area contributed by atoms with Gasteiger partial charge in [0.15, 0.2) is 11.5 Å². The summed E-state index contributed by atoms with van der Waals surface area (Å²) in [4.78, 5) is 25.4. The third kappa shape index (κ3) is 6.42. The molecule has 12 heteroatoms. The summed E-state index contributed by atoms with van der Waals surface area (Å²) >= 11 is 0. The molecule has 4 heterocycles. The van der Waals surface area contributed by atoms with Crippen LogP contribution in [0.1, 0.15) is 38.4 Å². The van der Waals surface area contributed by atoms with E-state index in [4.69, 9.17) is 5.73 Å². The van der Waals surface area contributed by atoms with Gasteiger partial charge in [0.25, 0.3) is 6.43 Å². The largest absolute Gasteiger partial charge is 0.371 e. The maximum absolute atomic E-state index is 12.9. The van der Waals surface area contributed by atoms with Crippen LogP contribution in [0.2, 0.25) is 0 Å². The zero-order valence-electron chi connectivity index (χ0n) is 22.9. The highest BCUT2D eigenvalue weighted by Gasteiger charge is 2.34. The van der Waals surface area contributed by atoms with Crippen LogP contribution in [0.15, 0.2) is 24.4 Å². The number of aryl methyl sites for hydroxylation is 1. The van der Waals surface area contributed by atoms with Gasteiger partial charge in [-0.3, -0.25) is 0 Å². The highest BCUT2D eigenvalue weighted by atomic mass is 19.3. The van der Waals surface area contributed by atoms with Gasteiger partial charge in [0.1, 0.15) is 23.1 Å². The number of aromatic nitrogens is 6. The van der Waals surface area contributed by atoms with Gasteiger partial charge in [0.05, 0.1) is 12.2 Å². The summed E-state index contributed by atoms with van der Waals surface area (Å²) in [6, 6.07) is 5.40. The van der Waals surface area contributed by atoms with Gasteiger partial charge in [-0.05, 0) is 65.5 Å². The Balaban J connectivity index is 0.000000277. The van der Waals surface area contributed by atoms with E-state index in [2.05, 4.69) is 32.3 Å².